The number of amides is 1. The second-order valence-corrected chi connectivity index (χ2v) is 6.05. The number of likely N-dealkylation sites (N-methyl/N-ethyl adjacent to an activating group) is 1. The number of aromatic nitrogens is 4. The van der Waals surface area contributed by atoms with Gasteiger partial charge in [0, 0.05) is 32.3 Å². The highest BCUT2D eigenvalue weighted by Gasteiger charge is 2.22. The van der Waals surface area contributed by atoms with E-state index in [0.717, 1.165) is 16.6 Å². The number of benzene rings is 1. The number of carbonyl (C=O) groups excluding carboxylic acids is 1. The molecule has 1 atom stereocenters. The van der Waals surface area contributed by atoms with Gasteiger partial charge < -0.3 is 9.64 Å². The van der Waals surface area contributed by atoms with Gasteiger partial charge in [-0.3, -0.25) is 9.78 Å². The van der Waals surface area contributed by atoms with Crippen molar-refractivity contribution in [3.8, 4) is 5.69 Å². The van der Waals surface area contributed by atoms with Gasteiger partial charge in [0.15, 0.2) is 5.69 Å². The molecule has 130 valence electrons. The molecule has 0 aliphatic rings. The second kappa shape index (κ2) is 6.98. The lowest BCUT2D eigenvalue weighted by molar-refractivity contribution is 0.0594. The minimum Gasteiger partial charge on any atom is -0.380 e. The molecule has 0 saturated heterocycles. The smallest absolute Gasteiger partial charge is 0.276 e. The molecular weight excluding hydrogens is 318 g/mol. The van der Waals surface area contributed by atoms with Crippen molar-refractivity contribution in [3.63, 3.8) is 0 Å². The van der Waals surface area contributed by atoms with Crippen LogP contribution in [0.3, 0.4) is 0 Å². The summed E-state index contributed by atoms with van der Waals surface area (Å²) in [7, 11) is 3.36. The quantitative estimate of drug-likeness (QED) is 0.713. The summed E-state index contributed by atoms with van der Waals surface area (Å²) in [6.45, 7) is 4.24. The Kier molecular flexibility index (Phi) is 4.76. The van der Waals surface area contributed by atoms with E-state index in [-0.39, 0.29) is 12.0 Å². The van der Waals surface area contributed by atoms with Crippen LogP contribution < -0.4 is 0 Å². The topological polar surface area (TPSA) is 73.1 Å². The second-order valence-electron chi connectivity index (χ2n) is 6.05. The van der Waals surface area contributed by atoms with Crippen LogP contribution in [0, 0.1) is 6.92 Å². The highest BCUT2D eigenvalue weighted by atomic mass is 16.5. The monoisotopic (exact) mass is 339 g/mol. The molecule has 0 saturated carbocycles. The molecule has 0 aliphatic heterocycles. The summed E-state index contributed by atoms with van der Waals surface area (Å²) in [6.07, 6.45) is 1.72. The number of fused-ring (bicyclic) bond motifs is 1. The van der Waals surface area contributed by atoms with E-state index in [9.17, 15) is 4.79 Å². The highest BCUT2D eigenvalue weighted by Crippen LogP contribution is 2.18. The first-order valence-electron chi connectivity index (χ1n) is 8.07. The van der Waals surface area contributed by atoms with Crippen LogP contribution in [-0.4, -0.2) is 57.6 Å². The number of nitrogens with zero attached hydrogens (tertiary/aromatic N) is 5. The molecule has 3 aromatic rings. The summed E-state index contributed by atoms with van der Waals surface area (Å²) in [4.78, 5) is 18.5. The molecule has 1 amide bonds. The number of hydrogen-bond donors (Lipinski definition) is 0. The molecule has 3 rings (SSSR count). The molecule has 1 aromatic carbocycles. The number of methoxy groups -OCH3 is 1. The number of carbonyl (C=O) groups is 1. The van der Waals surface area contributed by atoms with Crippen LogP contribution >= 0.6 is 0 Å². The molecule has 1 unspecified atom stereocenters. The molecule has 25 heavy (non-hydrogen) atoms. The van der Waals surface area contributed by atoms with Crippen molar-refractivity contribution in [2.24, 2.45) is 0 Å². The fourth-order valence-electron chi connectivity index (χ4n) is 2.69. The van der Waals surface area contributed by atoms with Gasteiger partial charge in [-0.05, 0) is 38.1 Å². The molecule has 2 aromatic heterocycles. The maximum absolute atomic E-state index is 12.6. The Bertz CT molecular complexity index is 905. The number of rotatable bonds is 5. The van der Waals surface area contributed by atoms with Crippen LogP contribution in [0.25, 0.3) is 16.6 Å². The molecule has 0 N–H and O–H groups in total. The van der Waals surface area contributed by atoms with E-state index < -0.39 is 0 Å². The van der Waals surface area contributed by atoms with Gasteiger partial charge in [0.25, 0.3) is 5.91 Å². The average molecular weight is 339 g/mol. The molecule has 0 aliphatic carbocycles. The standard InChI is InChI=1S/C18H21N5O2/c1-12(25-4)11-22(3)18(24)17-13(2)23(21-20-17)15-7-8-16-14(10-15)6-5-9-19-16/h5-10,12H,11H2,1-4H3. The van der Waals surface area contributed by atoms with E-state index in [1.807, 2.05) is 44.2 Å². The van der Waals surface area contributed by atoms with Gasteiger partial charge in [-0.1, -0.05) is 11.3 Å². The number of pyridine rings is 1. The molecule has 0 fully saturated rings. The zero-order valence-electron chi connectivity index (χ0n) is 14.8. The first-order valence-corrected chi connectivity index (χ1v) is 8.07. The third kappa shape index (κ3) is 3.36. The zero-order chi connectivity index (χ0) is 18.0. The predicted octanol–water partition coefficient (Wildman–Crippen LogP) is 2.23. The summed E-state index contributed by atoms with van der Waals surface area (Å²) in [5.41, 5.74) is 2.80. The maximum atomic E-state index is 12.6. The molecule has 0 bridgehead atoms. The first-order chi connectivity index (χ1) is 12.0. The lowest BCUT2D eigenvalue weighted by Crippen LogP contribution is -2.34. The Labute approximate surface area is 146 Å². The van der Waals surface area contributed by atoms with Crippen LogP contribution in [-0.2, 0) is 4.74 Å². The normalized spacial score (nSPS) is 12.3. The van der Waals surface area contributed by atoms with E-state index >= 15 is 0 Å². The van der Waals surface area contributed by atoms with Crippen LogP contribution in [0.1, 0.15) is 23.1 Å². The van der Waals surface area contributed by atoms with Crippen LogP contribution in [0.15, 0.2) is 36.5 Å². The van der Waals surface area contributed by atoms with Crippen molar-refractivity contribution in [1.29, 1.82) is 0 Å². The fourth-order valence-corrected chi connectivity index (χ4v) is 2.69. The van der Waals surface area contributed by atoms with E-state index in [1.165, 1.54) is 0 Å². The molecule has 0 spiro atoms. The van der Waals surface area contributed by atoms with Crippen LogP contribution in [0.2, 0.25) is 0 Å². The fraction of sp³-hybridized carbons (Fsp3) is 0.333. The Hall–Kier alpha value is -2.80. The average Bonchev–Trinajstić information content (AvgIpc) is 3.01. The minimum atomic E-state index is -0.171. The van der Waals surface area contributed by atoms with Crippen molar-refractivity contribution >= 4 is 16.8 Å². The van der Waals surface area contributed by atoms with Gasteiger partial charge in [-0.15, -0.1) is 5.10 Å². The minimum absolute atomic E-state index is 0.0442. The van der Waals surface area contributed by atoms with Gasteiger partial charge >= 0.3 is 0 Å². The molecular formula is C18H21N5O2. The molecule has 7 nitrogen and oxygen atoms in total. The van der Waals surface area contributed by atoms with E-state index in [2.05, 4.69) is 15.3 Å². The van der Waals surface area contributed by atoms with Crippen molar-refractivity contribution in [2.75, 3.05) is 20.7 Å². The van der Waals surface area contributed by atoms with Gasteiger partial charge in [0.05, 0.1) is 23.0 Å². The Morgan fingerprint density at radius 1 is 1.36 bits per heavy atom. The van der Waals surface area contributed by atoms with E-state index in [0.29, 0.717) is 17.9 Å². The number of ether oxygens (including phenoxy) is 1. The lowest BCUT2D eigenvalue weighted by Gasteiger charge is -2.19. The number of hydrogen-bond acceptors (Lipinski definition) is 5. The molecule has 0 radical (unpaired) electrons. The van der Waals surface area contributed by atoms with Gasteiger partial charge in [-0.2, -0.15) is 0 Å². The zero-order valence-corrected chi connectivity index (χ0v) is 14.8. The van der Waals surface area contributed by atoms with Crippen molar-refractivity contribution in [1.82, 2.24) is 24.9 Å². The summed E-state index contributed by atoms with van der Waals surface area (Å²) in [5, 5.41) is 9.26. The third-order valence-electron chi connectivity index (χ3n) is 4.21. The molecule has 2 heterocycles. The third-order valence-corrected chi connectivity index (χ3v) is 4.21. The van der Waals surface area contributed by atoms with E-state index in [4.69, 9.17) is 4.74 Å². The van der Waals surface area contributed by atoms with Gasteiger partial charge in [0.2, 0.25) is 0 Å². The Morgan fingerprint density at radius 2 is 2.16 bits per heavy atom. The van der Waals surface area contributed by atoms with Crippen molar-refractivity contribution < 1.29 is 9.53 Å². The SMILES string of the molecule is COC(C)CN(C)C(=O)c1nnn(-c2ccc3ncccc3c2)c1C. The summed E-state index contributed by atoms with van der Waals surface area (Å²) in [5.74, 6) is -0.171. The van der Waals surface area contributed by atoms with Crippen LogP contribution in [0.5, 0.6) is 0 Å². The summed E-state index contributed by atoms with van der Waals surface area (Å²) < 4.78 is 6.89. The van der Waals surface area contributed by atoms with Crippen LogP contribution in [0.4, 0.5) is 0 Å². The van der Waals surface area contributed by atoms with Gasteiger partial charge in [-0.25, -0.2) is 4.68 Å². The predicted molar refractivity (Wildman–Crippen MR) is 94.8 cm³/mol. The van der Waals surface area contributed by atoms with Crippen molar-refractivity contribution in [3.05, 3.63) is 47.9 Å². The largest absolute Gasteiger partial charge is 0.380 e. The summed E-state index contributed by atoms with van der Waals surface area (Å²) >= 11 is 0. The summed E-state index contributed by atoms with van der Waals surface area (Å²) in [6, 6.07) is 9.71. The van der Waals surface area contributed by atoms with E-state index in [1.54, 1.807) is 29.9 Å². The highest BCUT2D eigenvalue weighted by molar-refractivity contribution is 5.93. The Morgan fingerprint density at radius 3 is 2.92 bits per heavy atom. The Balaban J connectivity index is 1.90. The van der Waals surface area contributed by atoms with Crippen molar-refractivity contribution in [2.45, 2.75) is 20.0 Å². The first kappa shape index (κ1) is 17.0. The maximum Gasteiger partial charge on any atom is 0.276 e. The molecule has 7 heteroatoms. The lowest BCUT2D eigenvalue weighted by atomic mass is 10.2. The van der Waals surface area contributed by atoms with Gasteiger partial charge in [0.1, 0.15) is 0 Å².